The molecule has 1 N–H and O–H groups in total. The third kappa shape index (κ3) is 4.26. The molecular weight excluding hydrogens is 342 g/mol. The van der Waals surface area contributed by atoms with Crippen molar-refractivity contribution in [3.8, 4) is 11.5 Å². The van der Waals surface area contributed by atoms with Crippen LogP contribution >= 0.6 is 0 Å². The average molecular weight is 371 g/mol. The minimum Gasteiger partial charge on any atom is -0.494 e. The van der Waals surface area contributed by atoms with E-state index in [1.165, 1.54) is 5.56 Å². The molecule has 2 aromatic rings. The number of hydrogen-bond acceptors (Lipinski definition) is 4. The summed E-state index contributed by atoms with van der Waals surface area (Å²) in [6.45, 7) is 9.07. The third-order valence-corrected chi connectivity index (χ3v) is 5.12. The molecule has 0 aliphatic carbocycles. The topological polar surface area (TPSA) is 65.4 Å². The number of aromatic nitrogens is 2. The Morgan fingerprint density at radius 2 is 2.19 bits per heavy atom. The molecule has 3 rings (SSSR count). The van der Waals surface area contributed by atoms with Crippen LogP contribution in [0.15, 0.2) is 12.1 Å². The molecule has 1 aliphatic heterocycles. The molecule has 1 aromatic carbocycles. The second kappa shape index (κ2) is 8.03. The first-order valence-electron chi connectivity index (χ1n) is 9.60. The van der Waals surface area contributed by atoms with Gasteiger partial charge >= 0.3 is 0 Å². The Kier molecular flexibility index (Phi) is 5.73. The minimum absolute atomic E-state index is 0.0230. The number of nitrogens with zero attached hydrogens (tertiary/aromatic N) is 2. The molecule has 1 unspecified atom stereocenters. The highest BCUT2D eigenvalue weighted by atomic mass is 16.5. The molecule has 0 saturated carbocycles. The molecule has 0 spiro atoms. The molecule has 6 heteroatoms. The van der Waals surface area contributed by atoms with E-state index >= 15 is 0 Å². The van der Waals surface area contributed by atoms with E-state index in [1.54, 1.807) is 0 Å². The Morgan fingerprint density at radius 3 is 2.85 bits per heavy atom. The summed E-state index contributed by atoms with van der Waals surface area (Å²) in [7, 11) is 1.93. The third-order valence-electron chi connectivity index (χ3n) is 5.12. The summed E-state index contributed by atoms with van der Waals surface area (Å²) in [5.41, 5.74) is 5.38. The van der Waals surface area contributed by atoms with Gasteiger partial charge in [-0.25, -0.2) is 0 Å². The van der Waals surface area contributed by atoms with Gasteiger partial charge < -0.3 is 14.8 Å². The Morgan fingerprint density at radius 1 is 1.41 bits per heavy atom. The lowest BCUT2D eigenvalue weighted by Gasteiger charge is -2.13. The number of rotatable bonds is 7. The summed E-state index contributed by atoms with van der Waals surface area (Å²) in [5, 5.41) is 7.42. The first kappa shape index (κ1) is 19.3. The Balaban J connectivity index is 1.62. The largest absolute Gasteiger partial charge is 0.494 e. The second-order valence-corrected chi connectivity index (χ2v) is 7.18. The van der Waals surface area contributed by atoms with Crippen LogP contribution in [0.1, 0.15) is 48.3 Å². The van der Waals surface area contributed by atoms with Crippen LogP contribution in [0, 0.1) is 13.8 Å². The van der Waals surface area contributed by atoms with Crippen molar-refractivity contribution in [1.82, 2.24) is 15.1 Å². The standard InChI is InChI=1S/C21H29N3O3/c1-6-26-19-10-16-9-13(2)27-20(16)11-17(19)12-22-21(25)8-7-18-14(3)23-24(5)15(18)4/h10-11,13H,6-9,12H2,1-5H3,(H,22,25). The number of ether oxygens (including phenoxy) is 2. The van der Waals surface area contributed by atoms with Gasteiger partial charge in [-0.3, -0.25) is 9.48 Å². The number of aryl methyl sites for hydroxylation is 2. The van der Waals surface area contributed by atoms with E-state index < -0.39 is 0 Å². The zero-order valence-corrected chi connectivity index (χ0v) is 16.9. The molecule has 27 heavy (non-hydrogen) atoms. The fourth-order valence-corrected chi connectivity index (χ4v) is 3.61. The predicted molar refractivity (Wildman–Crippen MR) is 104 cm³/mol. The van der Waals surface area contributed by atoms with Crippen LogP contribution in [0.5, 0.6) is 11.5 Å². The fourth-order valence-electron chi connectivity index (χ4n) is 3.61. The number of carbonyl (C=O) groups excluding carboxylic acids is 1. The normalized spacial score (nSPS) is 15.4. The quantitative estimate of drug-likeness (QED) is 0.813. The summed E-state index contributed by atoms with van der Waals surface area (Å²) in [4.78, 5) is 12.4. The van der Waals surface area contributed by atoms with Crippen molar-refractivity contribution in [3.63, 3.8) is 0 Å². The number of nitrogens with one attached hydrogen (secondary N) is 1. The van der Waals surface area contributed by atoms with Gasteiger partial charge in [0.25, 0.3) is 0 Å². The van der Waals surface area contributed by atoms with Gasteiger partial charge in [0.05, 0.1) is 12.3 Å². The van der Waals surface area contributed by atoms with Crippen molar-refractivity contribution in [1.29, 1.82) is 0 Å². The molecule has 0 saturated heterocycles. The molecule has 6 nitrogen and oxygen atoms in total. The molecule has 2 heterocycles. The van der Waals surface area contributed by atoms with Crippen LogP contribution in [0.4, 0.5) is 0 Å². The number of hydrogen-bond donors (Lipinski definition) is 1. The smallest absolute Gasteiger partial charge is 0.220 e. The molecule has 1 aromatic heterocycles. The van der Waals surface area contributed by atoms with Crippen LogP contribution in [0.25, 0.3) is 0 Å². The average Bonchev–Trinajstić information content (AvgIpc) is 3.09. The monoisotopic (exact) mass is 371 g/mol. The van der Waals surface area contributed by atoms with Crippen LogP contribution in [-0.2, 0) is 31.2 Å². The highest BCUT2D eigenvalue weighted by Gasteiger charge is 2.22. The van der Waals surface area contributed by atoms with Gasteiger partial charge in [-0.15, -0.1) is 0 Å². The first-order chi connectivity index (χ1) is 12.9. The van der Waals surface area contributed by atoms with Crippen molar-refractivity contribution >= 4 is 5.91 Å². The van der Waals surface area contributed by atoms with E-state index in [0.717, 1.165) is 40.4 Å². The SMILES string of the molecule is CCOc1cc2c(cc1CNC(=O)CCc1c(C)nn(C)c1C)OC(C)C2. The maximum Gasteiger partial charge on any atom is 0.220 e. The van der Waals surface area contributed by atoms with Crippen LogP contribution < -0.4 is 14.8 Å². The van der Waals surface area contributed by atoms with Crippen molar-refractivity contribution in [2.45, 2.75) is 59.6 Å². The summed E-state index contributed by atoms with van der Waals surface area (Å²) < 4.78 is 13.5. The molecule has 1 amide bonds. The maximum absolute atomic E-state index is 12.4. The Labute approximate surface area is 160 Å². The molecule has 0 bridgehead atoms. The maximum atomic E-state index is 12.4. The van der Waals surface area contributed by atoms with Gasteiger partial charge in [0.1, 0.15) is 17.6 Å². The predicted octanol–water partition coefficient (Wildman–Crippen LogP) is 3.01. The van der Waals surface area contributed by atoms with Crippen LogP contribution in [0.3, 0.4) is 0 Å². The number of fused-ring (bicyclic) bond motifs is 1. The minimum atomic E-state index is 0.0230. The summed E-state index contributed by atoms with van der Waals surface area (Å²) in [6.07, 6.45) is 2.22. The lowest BCUT2D eigenvalue weighted by molar-refractivity contribution is -0.121. The van der Waals surface area contributed by atoms with Crippen LogP contribution in [0.2, 0.25) is 0 Å². The van der Waals surface area contributed by atoms with E-state index in [2.05, 4.69) is 17.3 Å². The van der Waals surface area contributed by atoms with E-state index in [4.69, 9.17) is 9.47 Å². The Hall–Kier alpha value is -2.50. The summed E-state index contributed by atoms with van der Waals surface area (Å²) in [6, 6.07) is 4.05. The molecule has 1 atom stereocenters. The van der Waals surface area contributed by atoms with Crippen molar-refractivity contribution in [3.05, 3.63) is 40.2 Å². The highest BCUT2D eigenvalue weighted by Crippen LogP contribution is 2.35. The van der Waals surface area contributed by atoms with Gasteiger partial charge in [0.2, 0.25) is 5.91 Å². The number of benzene rings is 1. The summed E-state index contributed by atoms with van der Waals surface area (Å²) >= 11 is 0. The van der Waals surface area contributed by atoms with Crippen molar-refractivity contribution in [2.75, 3.05) is 6.61 Å². The molecule has 0 radical (unpaired) electrons. The lowest BCUT2D eigenvalue weighted by atomic mass is 10.1. The highest BCUT2D eigenvalue weighted by molar-refractivity contribution is 5.76. The molecular formula is C21H29N3O3. The number of carbonyl (C=O) groups is 1. The second-order valence-electron chi connectivity index (χ2n) is 7.18. The molecule has 1 aliphatic rings. The molecule has 0 fully saturated rings. The van der Waals surface area contributed by atoms with Gasteiger partial charge in [-0.1, -0.05) is 0 Å². The summed E-state index contributed by atoms with van der Waals surface area (Å²) in [5.74, 6) is 1.75. The lowest BCUT2D eigenvalue weighted by Crippen LogP contribution is -2.23. The van der Waals surface area contributed by atoms with Crippen molar-refractivity contribution < 1.29 is 14.3 Å². The fraction of sp³-hybridized carbons (Fsp3) is 0.524. The first-order valence-corrected chi connectivity index (χ1v) is 9.60. The van der Waals surface area contributed by atoms with Crippen LogP contribution in [-0.4, -0.2) is 28.4 Å². The van der Waals surface area contributed by atoms with Gasteiger partial charge in [0.15, 0.2) is 0 Å². The van der Waals surface area contributed by atoms with Crippen molar-refractivity contribution in [2.24, 2.45) is 7.05 Å². The van der Waals surface area contributed by atoms with Gasteiger partial charge in [0, 0.05) is 43.3 Å². The van der Waals surface area contributed by atoms with E-state index in [0.29, 0.717) is 26.0 Å². The van der Waals surface area contributed by atoms with E-state index in [1.807, 2.05) is 44.6 Å². The Bertz CT molecular complexity index is 842. The molecule has 146 valence electrons. The zero-order chi connectivity index (χ0) is 19.6. The number of amides is 1. The van der Waals surface area contributed by atoms with E-state index in [-0.39, 0.29) is 12.0 Å². The van der Waals surface area contributed by atoms with E-state index in [9.17, 15) is 4.79 Å². The van der Waals surface area contributed by atoms with Gasteiger partial charge in [-0.2, -0.15) is 5.10 Å². The zero-order valence-electron chi connectivity index (χ0n) is 16.9. The van der Waals surface area contributed by atoms with Gasteiger partial charge in [-0.05, 0) is 51.8 Å².